The topological polar surface area (TPSA) is 148 Å². The van der Waals surface area contributed by atoms with E-state index in [0.717, 1.165) is 22.3 Å². The highest BCUT2D eigenvalue weighted by atomic mass is 16.3. The van der Waals surface area contributed by atoms with E-state index in [1.807, 2.05) is 44.2 Å². The Morgan fingerprint density at radius 3 is 2.26 bits per heavy atom. The summed E-state index contributed by atoms with van der Waals surface area (Å²) in [6.45, 7) is 5.91. The highest BCUT2D eigenvalue weighted by Crippen LogP contribution is 2.22. The minimum atomic E-state index is -0.742. The lowest BCUT2D eigenvalue weighted by molar-refractivity contribution is -0.129. The molecule has 2 aromatic rings. The second-order valence-corrected chi connectivity index (χ2v) is 9.18. The molecule has 3 atom stereocenters. The standard InChI is InChI=1S/C27H38N4O4/c1-17-11-22(32)12-18(2)23(17)15-24(29)25(33)13-19(3)27(35)30-16-21(31-26(34)9-10-28)14-20-7-5-4-6-8-20/h4-8,11-12,19,21,24,32H,9-10,13-16,28-29H2,1-3H3,(H,30,35)(H,31,34)/t19-,21-,24-/m0/s1. The van der Waals surface area contributed by atoms with Crippen molar-refractivity contribution in [3.8, 4) is 5.75 Å². The third-order valence-electron chi connectivity index (χ3n) is 6.06. The number of nitrogens with two attached hydrogens (primary N) is 2. The Balaban J connectivity index is 1.92. The van der Waals surface area contributed by atoms with Crippen LogP contribution in [0, 0.1) is 19.8 Å². The lowest BCUT2D eigenvalue weighted by atomic mass is 9.91. The van der Waals surface area contributed by atoms with Gasteiger partial charge in [0.15, 0.2) is 5.78 Å². The van der Waals surface area contributed by atoms with E-state index in [0.29, 0.717) is 12.8 Å². The van der Waals surface area contributed by atoms with E-state index in [1.165, 1.54) is 0 Å². The quantitative estimate of drug-likeness (QED) is 0.293. The number of carbonyl (C=O) groups excluding carboxylic acids is 3. The van der Waals surface area contributed by atoms with Crippen LogP contribution >= 0.6 is 0 Å². The molecular formula is C27H38N4O4. The van der Waals surface area contributed by atoms with Gasteiger partial charge in [-0.05, 0) is 61.1 Å². The molecule has 0 bridgehead atoms. The minimum Gasteiger partial charge on any atom is -0.508 e. The monoisotopic (exact) mass is 482 g/mol. The van der Waals surface area contributed by atoms with Crippen molar-refractivity contribution < 1.29 is 19.5 Å². The number of aromatic hydroxyl groups is 1. The average molecular weight is 483 g/mol. The molecule has 2 aromatic carbocycles. The summed E-state index contributed by atoms with van der Waals surface area (Å²) in [7, 11) is 0. The largest absolute Gasteiger partial charge is 0.508 e. The van der Waals surface area contributed by atoms with Gasteiger partial charge in [0, 0.05) is 31.8 Å². The zero-order valence-corrected chi connectivity index (χ0v) is 20.8. The maximum atomic E-state index is 12.7. The molecule has 0 radical (unpaired) electrons. The Kier molecular flexibility index (Phi) is 10.9. The molecule has 2 amide bonds. The number of hydrogen-bond donors (Lipinski definition) is 5. The summed E-state index contributed by atoms with van der Waals surface area (Å²) in [6.07, 6.45) is 1.13. The summed E-state index contributed by atoms with van der Waals surface area (Å²) in [4.78, 5) is 37.5. The van der Waals surface area contributed by atoms with Crippen LogP contribution in [0.2, 0.25) is 0 Å². The van der Waals surface area contributed by atoms with Gasteiger partial charge in [-0.1, -0.05) is 37.3 Å². The van der Waals surface area contributed by atoms with E-state index in [4.69, 9.17) is 11.5 Å². The number of amides is 2. The molecule has 0 aliphatic carbocycles. The number of hydrogen-bond acceptors (Lipinski definition) is 6. The maximum Gasteiger partial charge on any atom is 0.223 e. The molecule has 0 aliphatic rings. The van der Waals surface area contributed by atoms with Crippen LogP contribution in [0.3, 0.4) is 0 Å². The third kappa shape index (κ3) is 9.15. The molecule has 2 rings (SSSR count). The first-order valence-corrected chi connectivity index (χ1v) is 12.0. The van der Waals surface area contributed by atoms with E-state index < -0.39 is 12.0 Å². The van der Waals surface area contributed by atoms with Crippen LogP contribution in [0.1, 0.15) is 42.0 Å². The van der Waals surface area contributed by atoms with Crippen molar-refractivity contribution in [3.63, 3.8) is 0 Å². The number of aryl methyl sites for hydroxylation is 2. The van der Waals surface area contributed by atoms with Crippen LogP contribution in [-0.2, 0) is 27.2 Å². The molecule has 0 saturated carbocycles. The summed E-state index contributed by atoms with van der Waals surface area (Å²) >= 11 is 0. The molecule has 8 heteroatoms. The van der Waals surface area contributed by atoms with Crippen molar-refractivity contribution in [3.05, 3.63) is 64.7 Å². The molecule has 0 saturated heterocycles. The number of nitrogens with one attached hydrogen (secondary N) is 2. The van der Waals surface area contributed by atoms with Crippen LogP contribution in [0.4, 0.5) is 0 Å². The molecule has 0 unspecified atom stereocenters. The summed E-state index contributed by atoms with van der Waals surface area (Å²) in [5.74, 6) is -1.02. The number of benzene rings is 2. The molecule has 8 nitrogen and oxygen atoms in total. The lowest BCUT2D eigenvalue weighted by Gasteiger charge is -2.21. The van der Waals surface area contributed by atoms with E-state index in [-0.39, 0.29) is 55.3 Å². The van der Waals surface area contributed by atoms with Crippen molar-refractivity contribution in [2.24, 2.45) is 17.4 Å². The van der Waals surface area contributed by atoms with Crippen molar-refractivity contribution in [2.45, 2.75) is 58.5 Å². The van der Waals surface area contributed by atoms with Crippen molar-refractivity contribution >= 4 is 17.6 Å². The number of phenolic OH excluding ortho intramolecular Hbond substituents is 1. The smallest absolute Gasteiger partial charge is 0.223 e. The number of carbonyl (C=O) groups is 3. The molecule has 0 aliphatic heterocycles. The van der Waals surface area contributed by atoms with Gasteiger partial charge in [0.2, 0.25) is 11.8 Å². The maximum absolute atomic E-state index is 12.7. The average Bonchev–Trinajstić information content (AvgIpc) is 2.80. The first kappa shape index (κ1) is 28.0. The van der Waals surface area contributed by atoms with Gasteiger partial charge in [-0.25, -0.2) is 0 Å². The Labute approximate surface area is 207 Å². The van der Waals surface area contributed by atoms with Gasteiger partial charge in [-0.3, -0.25) is 14.4 Å². The highest BCUT2D eigenvalue weighted by molar-refractivity contribution is 5.89. The predicted molar refractivity (Wildman–Crippen MR) is 137 cm³/mol. The number of rotatable bonds is 13. The van der Waals surface area contributed by atoms with E-state index >= 15 is 0 Å². The van der Waals surface area contributed by atoms with Gasteiger partial charge in [0.25, 0.3) is 0 Å². The molecule has 0 heterocycles. The lowest BCUT2D eigenvalue weighted by Crippen LogP contribution is -2.46. The second kappa shape index (κ2) is 13.6. The molecule has 0 fully saturated rings. The molecular weight excluding hydrogens is 444 g/mol. The summed E-state index contributed by atoms with van der Waals surface area (Å²) < 4.78 is 0. The fraction of sp³-hybridized carbons (Fsp3) is 0.444. The van der Waals surface area contributed by atoms with E-state index in [9.17, 15) is 19.5 Å². The zero-order chi connectivity index (χ0) is 26.0. The van der Waals surface area contributed by atoms with Crippen LogP contribution in [0.15, 0.2) is 42.5 Å². The molecule has 35 heavy (non-hydrogen) atoms. The van der Waals surface area contributed by atoms with Crippen molar-refractivity contribution in [1.82, 2.24) is 10.6 Å². The molecule has 0 aromatic heterocycles. The predicted octanol–water partition coefficient (Wildman–Crippen LogP) is 1.67. The van der Waals surface area contributed by atoms with Crippen LogP contribution in [-0.4, -0.2) is 47.9 Å². The second-order valence-electron chi connectivity index (χ2n) is 9.18. The fourth-order valence-electron chi connectivity index (χ4n) is 4.07. The van der Waals surface area contributed by atoms with Crippen molar-refractivity contribution in [1.29, 1.82) is 0 Å². The van der Waals surface area contributed by atoms with Gasteiger partial charge in [-0.15, -0.1) is 0 Å². The SMILES string of the molecule is Cc1cc(O)cc(C)c1C[C@H](N)C(=O)C[C@H](C)C(=O)NC[C@H](Cc1ccccc1)NC(=O)CCN. The van der Waals surface area contributed by atoms with Gasteiger partial charge in [0.05, 0.1) is 12.1 Å². The Hall–Kier alpha value is -3.23. The van der Waals surface area contributed by atoms with E-state index in [1.54, 1.807) is 19.1 Å². The van der Waals surface area contributed by atoms with Crippen LogP contribution in [0.5, 0.6) is 5.75 Å². The fourth-order valence-corrected chi connectivity index (χ4v) is 4.07. The first-order valence-electron chi connectivity index (χ1n) is 12.0. The third-order valence-corrected chi connectivity index (χ3v) is 6.06. The zero-order valence-electron chi connectivity index (χ0n) is 20.8. The van der Waals surface area contributed by atoms with E-state index in [2.05, 4.69) is 10.6 Å². The van der Waals surface area contributed by atoms with Gasteiger partial charge in [-0.2, -0.15) is 0 Å². The molecule has 190 valence electrons. The Morgan fingerprint density at radius 2 is 1.66 bits per heavy atom. The molecule has 7 N–H and O–H groups in total. The summed E-state index contributed by atoms with van der Waals surface area (Å²) in [5.41, 5.74) is 15.4. The number of Topliss-reactive ketones (excluding diaryl/α,β-unsaturated/α-hetero) is 1. The van der Waals surface area contributed by atoms with Gasteiger partial charge < -0.3 is 27.2 Å². The summed E-state index contributed by atoms with van der Waals surface area (Å²) in [5, 5.41) is 15.5. The van der Waals surface area contributed by atoms with Crippen LogP contribution < -0.4 is 22.1 Å². The Morgan fingerprint density at radius 1 is 1.03 bits per heavy atom. The minimum absolute atomic E-state index is 0.0199. The van der Waals surface area contributed by atoms with Gasteiger partial charge in [0.1, 0.15) is 5.75 Å². The normalized spacial score (nSPS) is 13.5. The number of phenols is 1. The van der Waals surface area contributed by atoms with Crippen molar-refractivity contribution in [2.75, 3.05) is 13.1 Å². The summed E-state index contributed by atoms with van der Waals surface area (Å²) in [6, 6.07) is 11.9. The van der Waals surface area contributed by atoms with Gasteiger partial charge >= 0.3 is 0 Å². The molecule has 0 spiro atoms. The first-order chi connectivity index (χ1) is 16.6. The van der Waals surface area contributed by atoms with Crippen LogP contribution in [0.25, 0.3) is 0 Å². The number of ketones is 1. The highest BCUT2D eigenvalue weighted by Gasteiger charge is 2.23. The Bertz CT molecular complexity index is 986.